The summed E-state index contributed by atoms with van der Waals surface area (Å²) in [6.45, 7) is 1.65. The number of aliphatic imine (C=N–C) groups is 1. The molecule has 0 spiro atoms. The largest absolute Gasteiger partial charge is 0.270 e. The van der Waals surface area contributed by atoms with E-state index in [9.17, 15) is 14.5 Å². The van der Waals surface area contributed by atoms with E-state index in [1.165, 1.54) is 30.5 Å². The molecule has 0 aliphatic rings. The molecule has 20 heavy (non-hydrogen) atoms. The molecule has 6 heteroatoms. The number of aryl methyl sites for hydroxylation is 1. The van der Waals surface area contributed by atoms with Crippen molar-refractivity contribution in [3.8, 4) is 0 Å². The minimum absolute atomic E-state index is 0.0778. The Hall–Kier alpha value is -2.27. The van der Waals surface area contributed by atoms with Crippen LogP contribution in [0.5, 0.6) is 0 Å². The number of hydrogen-bond acceptors (Lipinski definition) is 3. The van der Waals surface area contributed by atoms with Crippen molar-refractivity contribution >= 4 is 29.2 Å². The van der Waals surface area contributed by atoms with Gasteiger partial charge in [-0.05, 0) is 30.7 Å². The second-order valence-electron chi connectivity index (χ2n) is 4.15. The monoisotopic (exact) mass is 292 g/mol. The van der Waals surface area contributed by atoms with Gasteiger partial charge in [-0.3, -0.25) is 15.1 Å². The molecule has 2 aromatic rings. The molecule has 0 bridgehead atoms. The van der Waals surface area contributed by atoms with E-state index in [0.29, 0.717) is 21.8 Å². The first-order valence-corrected chi connectivity index (χ1v) is 6.09. The van der Waals surface area contributed by atoms with E-state index in [-0.39, 0.29) is 11.5 Å². The minimum Gasteiger partial charge on any atom is -0.258 e. The highest BCUT2D eigenvalue weighted by atomic mass is 35.5. The van der Waals surface area contributed by atoms with Gasteiger partial charge in [-0.2, -0.15) is 0 Å². The van der Waals surface area contributed by atoms with E-state index in [2.05, 4.69) is 4.99 Å². The molecule has 4 nitrogen and oxygen atoms in total. The van der Waals surface area contributed by atoms with Gasteiger partial charge in [0.2, 0.25) is 0 Å². The highest BCUT2D eigenvalue weighted by Crippen LogP contribution is 2.22. The minimum atomic E-state index is -0.515. The zero-order valence-corrected chi connectivity index (χ0v) is 11.3. The fourth-order valence-electron chi connectivity index (χ4n) is 1.55. The third kappa shape index (κ3) is 3.19. The van der Waals surface area contributed by atoms with Crippen LogP contribution < -0.4 is 0 Å². The van der Waals surface area contributed by atoms with Crippen LogP contribution in [0.2, 0.25) is 5.02 Å². The molecule has 0 aliphatic heterocycles. The molecule has 0 fully saturated rings. The number of nitro benzene ring substituents is 1. The molecule has 0 N–H and O–H groups in total. The maximum atomic E-state index is 13.4. The van der Waals surface area contributed by atoms with Crippen LogP contribution in [0.1, 0.15) is 11.1 Å². The number of hydrogen-bond donors (Lipinski definition) is 0. The average molecular weight is 293 g/mol. The van der Waals surface area contributed by atoms with Gasteiger partial charge in [0.1, 0.15) is 5.82 Å². The Kier molecular flexibility index (Phi) is 4.10. The summed E-state index contributed by atoms with van der Waals surface area (Å²) >= 11 is 5.94. The van der Waals surface area contributed by atoms with Crippen molar-refractivity contribution in [1.82, 2.24) is 0 Å². The summed E-state index contributed by atoms with van der Waals surface area (Å²) in [7, 11) is 0. The quantitative estimate of drug-likeness (QED) is 0.477. The highest BCUT2D eigenvalue weighted by Gasteiger charge is 2.08. The van der Waals surface area contributed by atoms with Crippen molar-refractivity contribution in [1.29, 1.82) is 0 Å². The summed E-state index contributed by atoms with van der Waals surface area (Å²) < 4.78 is 13.4. The van der Waals surface area contributed by atoms with Gasteiger partial charge in [-0.15, -0.1) is 0 Å². The van der Waals surface area contributed by atoms with Crippen molar-refractivity contribution < 1.29 is 9.31 Å². The molecule has 0 saturated carbocycles. The summed E-state index contributed by atoms with van der Waals surface area (Å²) in [5.41, 5.74) is 1.26. The van der Waals surface area contributed by atoms with Crippen LogP contribution in [0.3, 0.4) is 0 Å². The molecule has 0 amide bonds. The molecule has 0 heterocycles. The Labute approximate surface area is 119 Å². The SMILES string of the molecule is Cc1ccc(/N=C/c2cc([N+](=O)[O-])ccc2Cl)cc1F. The second kappa shape index (κ2) is 5.79. The first-order chi connectivity index (χ1) is 9.47. The van der Waals surface area contributed by atoms with Gasteiger partial charge in [0, 0.05) is 28.9 Å². The smallest absolute Gasteiger partial charge is 0.258 e. The summed E-state index contributed by atoms with van der Waals surface area (Å²) in [6.07, 6.45) is 1.37. The lowest BCUT2D eigenvalue weighted by atomic mass is 10.2. The van der Waals surface area contributed by atoms with E-state index >= 15 is 0 Å². The Bertz CT molecular complexity index is 702. The summed E-state index contributed by atoms with van der Waals surface area (Å²) in [5.74, 6) is -0.357. The molecular weight excluding hydrogens is 283 g/mol. The van der Waals surface area contributed by atoms with Gasteiger partial charge >= 0.3 is 0 Å². The topological polar surface area (TPSA) is 55.5 Å². The highest BCUT2D eigenvalue weighted by molar-refractivity contribution is 6.33. The zero-order chi connectivity index (χ0) is 14.7. The van der Waals surface area contributed by atoms with Gasteiger partial charge in [0.25, 0.3) is 5.69 Å². The van der Waals surface area contributed by atoms with Gasteiger partial charge in [-0.1, -0.05) is 17.7 Å². The maximum Gasteiger partial charge on any atom is 0.270 e. The molecule has 0 atom stereocenters. The number of rotatable bonds is 3. The van der Waals surface area contributed by atoms with Gasteiger partial charge < -0.3 is 0 Å². The van der Waals surface area contributed by atoms with Crippen LogP contribution in [0, 0.1) is 22.9 Å². The van der Waals surface area contributed by atoms with Crippen molar-refractivity contribution in [2.75, 3.05) is 0 Å². The molecule has 0 radical (unpaired) electrons. The standard InChI is InChI=1S/C14H10ClFN2O2/c1-9-2-3-11(7-14(9)16)17-8-10-6-12(18(19)20)4-5-13(10)15/h2-8H,1H3/b17-8+. The van der Waals surface area contributed by atoms with E-state index in [0.717, 1.165) is 0 Å². The second-order valence-corrected chi connectivity index (χ2v) is 4.56. The van der Waals surface area contributed by atoms with Gasteiger partial charge in [0.15, 0.2) is 0 Å². The maximum absolute atomic E-state index is 13.4. The van der Waals surface area contributed by atoms with Crippen LogP contribution in [-0.2, 0) is 0 Å². The molecular formula is C14H10ClFN2O2. The predicted molar refractivity (Wildman–Crippen MR) is 76.5 cm³/mol. The molecule has 102 valence electrons. The lowest BCUT2D eigenvalue weighted by Gasteiger charge is -2.00. The molecule has 2 rings (SSSR count). The number of non-ortho nitro benzene ring substituents is 1. The van der Waals surface area contributed by atoms with Gasteiger partial charge in [0.05, 0.1) is 10.6 Å². The fourth-order valence-corrected chi connectivity index (χ4v) is 1.72. The molecule has 0 aromatic heterocycles. The lowest BCUT2D eigenvalue weighted by Crippen LogP contribution is -1.91. The first kappa shape index (κ1) is 14.1. The molecule has 0 saturated heterocycles. The van der Waals surface area contributed by atoms with E-state index in [1.54, 1.807) is 19.1 Å². The molecule has 0 aliphatic carbocycles. The third-order valence-corrected chi connectivity index (χ3v) is 3.04. The fraction of sp³-hybridized carbons (Fsp3) is 0.0714. The van der Waals surface area contributed by atoms with Crippen molar-refractivity contribution in [3.05, 3.63) is 68.5 Å². The first-order valence-electron chi connectivity index (χ1n) is 5.71. The van der Waals surface area contributed by atoms with E-state index in [1.807, 2.05) is 0 Å². The van der Waals surface area contributed by atoms with Crippen LogP contribution in [0.4, 0.5) is 15.8 Å². The Morgan fingerprint density at radius 1 is 1.30 bits per heavy atom. The normalized spacial score (nSPS) is 10.9. The van der Waals surface area contributed by atoms with Crippen LogP contribution in [-0.4, -0.2) is 11.1 Å². The van der Waals surface area contributed by atoms with Crippen molar-refractivity contribution in [2.24, 2.45) is 4.99 Å². The average Bonchev–Trinajstić information content (AvgIpc) is 2.41. The number of halogens is 2. The number of nitrogens with zero attached hydrogens (tertiary/aromatic N) is 2. The van der Waals surface area contributed by atoms with Crippen LogP contribution in [0.25, 0.3) is 0 Å². The predicted octanol–water partition coefficient (Wildman–Crippen LogP) is 4.45. The Morgan fingerprint density at radius 2 is 2.05 bits per heavy atom. The molecule has 0 unspecified atom stereocenters. The zero-order valence-electron chi connectivity index (χ0n) is 10.5. The van der Waals surface area contributed by atoms with E-state index < -0.39 is 4.92 Å². The summed E-state index contributed by atoms with van der Waals surface area (Å²) in [6, 6.07) is 8.60. The van der Waals surface area contributed by atoms with Crippen molar-refractivity contribution in [3.63, 3.8) is 0 Å². The summed E-state index contributed by atoms with van der Waals surface area (Å²) in [4.78, 5) is 14.2. The van der Waals surface area contributed by atoms with Gasteiger partial charge in [-0.25, -0.2) is 4.39 Å². The van der Waals surface area contributed by atoms with E-state index in [4.69, 9.17) is 11.6 Å². The Balaban J connectivity index is 2.33. The van der Waals surface area contributed by atoms with Crippen molar-refractivity contribution in [2.45, 2.75) is 6.92 Å². The van der Waals surface area contributed by atoms with Crippen LogP contribution >= 0.6 is 11.6 Å². The third-order valence-electron chi connectivity index (χ3n) is 2.70. The Morgan fingerprint density at radius 3 is 2.70 bits per heavy atom. The number of nitro groups is 1. The molecule has 2 aromatic carbocycles. The number of benzene rings is 2. The van der Waals surface area contributed by atoms with Crippen LogP contribution in [0.15, 0.2) is 41.4 Å². The summed E-state index contributed by atoms with van der Waals surface area (Å²) in [5, 5.41) is 11.0. The lowest BCUT2D eigenvalue weighted by molar-refractivity contribution is -0.384.